The third kappa shape index (κ3) is 3.73. The van der Waals surface area contributed by atoms with Crippen LogP contribution >= 0.6 is 0 Å². The van der Waals surface area contributed by atoms with Gasteiger partial charge in [-0.3, -0.25) is 4.79 Å². The number of ether oxygens (including phenoxy) is 3. The molecule has 4 nitrogen and oxygen atoms in total. The van der Waals surface area contributed by atoms with Gasteiger partial charge in [0.05, 0.1) is 13.0 Å². The molecule has 20 heavy (non-hydrogen) atoms. The quantitative estimate of drug-likeness (QED) is 0.776. The molecule has 0 aromatic heterocycles. The molecule has 0 unspecified atom stereocenters. The third-order valence-electron chi connectivity index (χ3n) is 3.65. The Kier molecular flexibility index (Phi) is 5.41. The zero-order valence-corrected chi connectivity index (χ0v) is 12.1. The first-order valence-corrected chi connectivity index (χ1v) is 7.16. The molecule has 0 amide bonds. The summed E-state index contributed by atoms with van der Waals surface area (Å²) in [6.45, 7) is 3.31. The second kappa shape index (κ2) is 7.29. The molecule has 1 fully saturated rings. The van der Waals surface area contributed by atoms with Crippen molar-refractivity contribution in [2.24, 2.45) is 5.92 Å². The predicted octanol–water partition coefficient (Wildman–Crippen LogP) is 3.12. The Morgan fingerprint density at radius 1 is 1.40 bits per heavy atom. The molecule has 4 heteroatoms. The third-order valence-corrected chi connectivity index (χ3v) is 3.65. The fourth-order valence-corrected chi connectivity index (χ4v) is 2.40. The van der Waals surface area contributed by atoms with Gasteiger partial charge in [-0.15, -0.1) is 0 Å². The molecule has 0 aliphatic carbocycles. The first-order valence-electron chi connectivity index (χ1n) is 7.16. The number of hydrogen-bond acceptors (Lipinski definition) is 4. The Morgan fingerprint density at radius 3 is 2.80 bits per heavy atom. The fraction of sp³-hybridized carbons (Fsp3) is 0.562. The topological polar surface area (TPSA) is 44.8 Å². The van der Waals surface area contributed by atoms with Crippen molar-refractivity contribution < 1.29 is 19.0 Å². The first kappa shape index (κ1) is 14.9. The highest BCUT2D eigenvalue weighted by Gasteiger charge is 2.25. The van der Waals surface area contributed by atoms with E-state index in [2.05, 4.69) is 0 Å². The second-order valence-electron chi connectivity index (χ2n) is 5.00. The van der Waals surface area contributed by atoms with Crippen LogP contribution in [-0.4, -0.2) is 26.3 Å². The zero-order chi connectivity index (χ0) is 14.4. The summed E-state index contributed by atoms with van der Waals surface area (Å²) in [6, 6.07) is 7.69. The summed E-state index contributed by atoms with van der Waals surface area (Å²) in [5.41, 5.74) is 0.979. The van der Waals surface area contributed by atoms with Gasteiger partial charge in [-0.1, -0.05) is 19.1 Å². The fourth-order valence-electron chi connectivity index (χ4n) is 2.40. The van der Waals surface area contributed by atoms with Crippen LogP contribution in [-0.2, 0) is 14.3 Å². The van der Waals surface area contributed by atoms with Crippen LogP contribution < -0.4 is 4.74 Å². The number of esters is 1. The molecule has 1 aromatic rings. The SMILES string of the molecule is CC[C@H](OC(=O)C1CCOCC1)c1cccc(OC)c1. The molecule has 0 saturated carbocycles. The molecule has 1 aliphatic rings. The van der Waals surface area contributed by atoms with Crippen LogP contribution in [0.5, 0.6) is 5.75 Å². The number of hydrogen-bond donors (Lipinski definition) is 0. The van der Waals surface area contributed by atoms with E-state index >= 15 is 0 Å². The van der Waals surface area contributed by atoms with Crippen molar-refractivity contribution in [3.8, 4) is 5.75 Å². The molecule has 0 bridgehead atoms. The van der Waals surface area contributed by atoms with E-state index < -0.39 is 0 Å². The molecule has 1 aliphatic heterocycles. The molecule has 1 aromatic carbocycles. The summed E-state index contributed by atoms with van der Waals surface area (Å²) in [5, 5.41) is 0. The maximum Gasteiger partial charge on any atom is 0.309 e. The van der Waals surface area contributed by atoms with Gasteiger partial charge in [0.2, 0.25) is 0 Å². The van der Waals surface area contributed by atoms with Crippen LogP contribution in [0.2, 0.25) is 0 Å². The van der Waals surface area contributed by atoms with Crippen molar-refractivity contribution in [3.63, 3.8) is 0 Å². The average molecular weight is 278 g/mol. The number of carbonyl (C=O) groups is 1. The lowest BCUT2D eigenvalue weighted by Crippen LogP contribution is -2.26. The highest BCUT2D eigenvalue weighted by atomic mass is 16.5. The molecular formula is C16H22O4. The summed E-state index contributed by atoms with van der Waals surface area (Å²) >= 11 is 0. The Labute approximate surface area is 120 Å². The molecule has 0 radical (unpaired) electrons. The molecule has 2 rings (SSSR count). The van der Waals surface area contributed by atoms with Gasteiger partial charge in [0.25, 0.3) is 0 Å². The average Bonchev–Trinajstić information content (AvgIpc) is 2.53. The largest absolute Gasteiger partial charge is 0.497 e. The van der Waals surface area contributed by atoms with Crippen LogP contribution in [0.1, 0.15) is 37.9 Å². The number of benzene rings is 1. The molecule has 110 valence electrons. The van der Waals surface area contributed by atoms with Crippen molar-refractivity contribution in [2.45, 2.75) is 32.3 Å². The first-order chi connectivity index (χ1) is 9.74. The zero-order valence-electron chi connectivity index (χ0n) is 12.1. The van der Waals surface area contributed by atoms with Crippen molar-refractivity contribution >= 4 is 5.97 Å². The lowest BCUT2D eigenvalue weighted by atomic mass is 10.00. The van der Waals surface area contributed by atoms with E-state index in [-0.39, 0.29) is 18.0 Å². The van der Waals surface area contributed by atoms with E-state index in [0.29, 0.717) is 13.2 Å². The van der Waals surface area contributed by atoms with Gasteiger partial charge in [-0.05, 0) is 37.0 Å². The van der Waals surface area contributed by atoms with Crippen LogP contribution in [0.4, 0.5) is 0 Å². The predicted molar refractivity (Wildman–Crippen MR) is 75.7 cm³/mol. The summed E-state index contributed by atoms with van der Waals surface area (Å²) in [4.78, 5) is 12.2. The van der Waals surface area contributed by atoms with Gasteiger partial charge < -0.3 is 14.2 Å². The van der Waals surface area contributed by atoms with E-state index in [1.165, 1.54) is 0 Å². The number of carbonyl (C=O) groups excluding carboxylic acids is 1. The van der Waals surface area contributed by atoms with E-state index in [1.807, 2.05) is 31.2 Å². The van der Waals surface area contributed by atoms with Crippen molar-refractivity contribution in [1.82, 2.24) is 0 Å². The Morgan fingerprint density at radius 2 is 2.15 bits per heavy atom. The van der Waals surface area contributed by atoms with E-state index in [9.17, 15) is 4.79 Å². The summed E-state index contributed by atoms with van der Waals surface area (Å²) < 4.78 is 16.2. The van der Waals surface area contributed by atoms with Crippen molar-refractivity contribution in [2.75, 3.05) is 20.3 Å². The standard InChI is InChI=1S/C16H22O4/c1-3-15(13-5-4-6-14(11-13)18-2)20-16(17)12-7-9-19-10-8-12/h4-6,11-12,15H,3,7-10H2,1-2H3/t15-/m0/s1. The maximum atomic E-state index is 12.2. The van der Waals surface area contributed by atoms with Crippen LogP contribution in [0.25, 0.3) is 0 Å². The van der Waals surface area contributed by atoms with E-state index in [1.54, 1.807) is 7.11 Å². The highest BCUT2D eigenvalue weighted by molar-refractivity contribution is 5.72. The minimum Gasteiger partial charge on any atom is -0.497 e. The summed E-state index contributed by atoms with van der Waals surface area (Å²) in [5.74, 6) is 0.648. The number of methoxy groups -OCH3 is 1. The lowest BCUT2D eigenvalue weighted by Gasteiger charge is -2.24. The highest BCUT2D eigenvalue weighted by Crippen LogP contribution is 2.27. The normalized spacial score (nSPS) is 17.5. The van der Waals surface area contributed by atoms with Crippen LogP contribution in [0.15, 0.2) is 24.3 Å². The van der Waals surface area contributed by atoms with E-state index in [4.69, 9.17) is 14.2 Å². The lowest BCUT2D eigenvalue weighted by molar-refractivity contribution is -0.157. The van der Waals surface area contributed by atoms with Crippen LogP contribution in [0.3, 0.4) is 0 Å². The Bertz CT molecular complexity index is 438. The molecule has 0 spiro atoms. The Hall–Kier alpha value is -1.55. The van der Waals surface area contributed by atoms with Gasteiger partial charge >= 0.3 is 5.97 Å². The monoisotopic (exact) mass is 278 g/mol. The summed E-state index contributed by atoms with van der Waals surface area (Å²) in [7, 11) is 1.63. The molecule has 1 saturated heterocycles. The molecule has 1 heterocycles. The van der Waals surface area contributed by atoms with Crippen molar-refractivity contribution in [3.05, 3.63) is 29.8 Å². The van der Waals surface area contributed by atoms with Gasteiger partial charge in [-0.2, -0.15) is 0 Å². The Balaban J connectivity index is 2.02. The summed E-state index contributed by atoms with van der Waals surface area (Å²) in [6.07, 6.45) is 2.06. The van der Waals surface area contributed by atoms with Gasteiger partial charge in [0.1, 0.15) is 11.9 Å². The molecular weight excluding hydrogens is 256 g/mol. The molecule has 0 N–H and O–H groups in total. The van der Waals surface area contributed by atoms with Gasteiger partial charge in [0.15, 0.2) is 0 Å². The number of rotatable bonds is 5. The smallest absolute Gasteiger partial charge is 0.309 e. The van der Waals surface area contributed by atoms with E-state index in [0.717, 1.165) is 30.6 Å². The minimum absolute atomic E-state index is 0.0246. The maximum absolute atomic E-state index is 12.2. The molecule has 1 atom stereocenters. The van der Waals surface area contributed by atoms with Crippen LogP contribution in [0, 0.1) is 5.92 Å². The van der Waals surface area contributed by atoms with Crippen molar-refractivity contribution in [1.29, 1.82) is 0 Å². The minimum atomic E-state index is -0.208. The van der Waals surface area contributed by atoms with Gasteiger partial charge in [-0.25, -0.2) is 0 Å². The van der Waals surface area contributed by atoms with Gasteiger partial charge in [0, 0.05) is 13.2 Å². The second-order valence-corrected chi connectivity index (χ2v) is 5.00.